The first-order valence-corrected chi connectivity index (χ1v) is 8.10. The predicted molar refractivity (Wildman–Crippen MR) is 82.3 cm³/mol. The van der Waals surface area contributed by atoms with Crippen molar-refractivity contribution in [3.63, 3.8) is 0 Å². The van der Waals surface area contributed by atoms with Crippen LogP contribution in [0.1, 0.15) is 47.5 Å². The molecule has 0 spiro atoms. The van der Waals surface area contributed by atoms with Crippen molar-refractivity contribution in [1.29, 1.82) is 0 Å². The van der Waals surface area contributed by atoms with Crippen LogP contribution in [0, 0.1) is 6.92 Å². The van der Waals surface area contributed by atoms with Crippen LogP contribution in [0.2, 0.25) is 0 Å². The van der Waals surface area contributed by atoms with E-state index in [9.17, 15) is 4.79 Å². The number of thiophene rings is 1. The first-order valence-electron chi connectivity index (χ1n) is 7.28. The molecule has 0 aliphatic heterocycles. The SMILES string of the molecule is Cc1nn(C)c2sc(C(=O)N(C)C3CCCCC3)cc12. The Morgan fingerprint density at radius 2 is 2.10 bits per heavy atom. The molecule has 0 saturated heterocycles. The number of nitrogens with zero attached hydrogens (tertiary/aromatic N) is 3. The number of amides is 1. The maximum absolute atomic E-state index is 12.6. The Morgan fingerprint density at radius 3 is 2.75 bits per heavy atom. The van der Waals surface area contributed by atoms with Crippen molar-refractivity contribution in [2.24, 2.45) is 7.05 Å². The standard InChI is InChI=1S/C15H21N3OS/c1-10-12-9-13(20-15(12)18(3)16-10)14(19)17(2)11-7-5-4-6-8-11/h9,11H,4-8H2,1-3H3. The third-order valence-corrected chi connectivity index (χ3v) is 5.54. The van der Waals surface area contributed by atoms with E-state index in [-0.39, 0.29) is 5.91 Å². The minimum absolute atomic E-state index is 0.164. The fraction of sp³-hybridized carbons (Fsp3) is 0.600. The molecule has 1 fully saturated rings. The van der Waals surface area contributed by atoms with Crippen LogP contribution in [0.3, 0.4) is 0 Å². The van der Waals surface area contributed by atoms with E-state index < -0.39 is 0 Å². The Balaban J connectivity index is 1.86. The van der Waals surface area contributed by atoms with E-state index >= 15 is 0 Å². The zero-order chi connectivity index (χ0) is 14.3. The van der Waals surface area contributed by atoms with Crippen molar-refractivity contribution in [3.05, 3.63) is 16.6 Å². The van der Waals surface area contributed by atoms with Gasteiger partial charge in [0.1, 0.15) is 4.83 Å². The fourth-order valence-corrected chi connectivity index (χ4v) is 4.22. The molecule has 5 heteroatoms. The molecule has 1 aliphatic carbocycles. The van der Waals surface area contributed by atoms with Crippen molar-refractivity contribution in [2.45, 2.75) is 45.1 Å². The second kappa shape index (κ2) is 5.20. The molecule has 20 heavy (non-hydrogen) atoms. The summed E-state index contributed by atoms with van der Waals surface area (Å²) in [5.74, 6) is 0.164. The van der Waals surface area contributed by atoms with E-state index in [0.717, 1.165) is 33.6 Å². The summed E-state index contributed by atoms with van der Waals surface area (Å²) in [5, 5.41) is 5.50. The summed E-state index contributed by atoms with van der Waals surface area (Å²) < 4.78 is 1.87. The van der Waals surface area contributed by atoms with Gasteiger partial charge in [-0.3, -0.25) is 9.48 Å². The number of carbonyl (C=O) groups is 1. The number of rotatable bonds is 2. The second-order valence-electron chi connectivity index (χ2n) is 5.75. The Kier molecular flexibility index (Phi) is 3.54. The first-order chi connectivity index (χ1) is 9.58. The summed E-state index contributed by atoms with van der Waals surface area (Å²) in [6.07, 6.45) is 6.10. The van der Waals surface area contributed by atoms with Gasteiger partial charge in [0, 0.05) is 25.5 Å². The molecule has 1 saturated carbocycles. The van der Waals surface area contributed by atoms with Crippen LogP contribution in [-0.4, -0.2) is 33.7 Å². The summed E-state index contributed by atoms with van der Waals surface area (Å²) in [6.45, 7) is 1.99. The van der Waals surface area contributed by atoms with Gasteiger partial charge in [0.2, 0.25) is 0 Å². The molecule has 1 amide bonds. The Morgan fingerprint density at radius 1 is 1.40 bits per heavy atom. The average Bonchev–Trinajstić information content (AvgIpc) is 3.01. The summed E-state index contributed by atoms with van der Waals surface area (Å²) in [4.78, 5) is 16.5. The molecule has 4 nitrogen and oxygen atoms in total. The molecule has 0 N–H and O–H groups in total. The van der Waals surface area contributed by atoms with Crippen LogP contribution in [-0.2, 0) is 7.05 Å². The van der Waals surface area contributed by atoms with E-state index in [2.05, 4.69) is 5.10 Å². The van der Waals surface area contributed by atoms with Gasteiger partial charge in [0.15, 0.2) is 0 Å². The minimum atomic E-state index is 0.164. The molecule has 3 rings (SSSR count). The highest BCUT2D eigenvalue weighted by atomic mass is 32.1. The zero-order valence-corrected chi connectivity index (χ0v) is 13.2. The molecular formula is C15H21N3OS. The van der Waals surface area contributed by atoms with Crippen molar-refractivity contribution >= 4 is 27.5 Å². The van der Waals surface area contributed by atoms with Gasteiger partial charge in [-0.05, 0) is 25.8 Å². The van der Waals surface area contributed by atoms with Crippen LogP contribution in [0.4, 0.5) is 0 Å². The van der Waals surface area contributed by atoms with E-state index in [4.69, 9.17) is 0 Å². The molecule has 0 atom stereocenters. The Labute approximate surface area is 123 Å². The van der Waals surface area contributed by atoms with Gasteiger partial charge in [-0.1, -0.05) is 19.3 Å². The molecule has 2 heterocycles. The Bertz CT molecular complexity index is 602. The lowest BCUT2D eigenvalue weighted by Crippen LogP contribution is -2.37. The average molecular weight is 291 g/mol. The van der Waals surface area contributed by atoms with E-state index in [1.54, 1.807) is 11.3 Å². The number of aryl methyl sites for hydroxylation is 2. The molecule has 0 aromatic carbocycles. The maximum Gasteiger partial charge on any atom is 0.264 e. The molecule has 0 radical (unpaired) electrons. The number of aromatic nitrogens is 2. The minimum Gasteiger partial charge on any atom is -0.338 e. The van der Waals surface area contributed by atoms with Crippen LogP contribution in [0.25, 0.3) is 10.2 Å². The lowest BCUT2D eigenvalue weighted by molar-refractivity contribution is 0.0701. The number of fused-ring (bicyclic) bond motifs is 1. The molecule has 2 aromatic rings. The van der Waals surface area contributed by atoms with E-state index in [0.29, 0.717) is 6.04 Å². The Hall–Kier alpha value is -1.36. The molecule has 2 aromatic heterocycles. The van der Waals surface area contributed by atoms with Crippen LogP contribution in [0.15, 0.2) is 6.07 Å². The largest absolute Gasteiger partial charge is 0.338 e. The van der Waals surface area contributed by atoms with Gasteiger partial charge < -0.3 is 4.90 Å². The van der Waals surface area contributed by atoms with Gasteiger partial charge in [0.25, 0.3) is 5.91 Å². The van der Waals surface area contributed by atoms with Gasteiger partial charge in [-0.25, -0.2) is 0 Å². The lowest BCUT2D eigenvalue weighted by atomic mass is 9.94. The molecule has 108 valence electrons. The summed E-state index contributed by atoms with van der Waals surface area (Å²) in [7, 11) is 3.89. The van der Waals surface area contributed by atoms with E-state index in [1.165, 1.54) is 19.3 Å². The lowest BCUT2D eigenvalue weighted by Gasteiger charge is -2.30. The fourth-order valence-electron chi connectivity index (χ4n) is 3.12. The third kappa shape index (κ3) is 2.24. The predicted octanol–water partition coefficient (Wildman–Crippen LogP) is 3.35. The van der Waals surface area contributed by atoms with Gasteiger partial charge in [-0.15, -0.1) is 11.3 Å². The van der Waals surface area contributed by atoms with Crippen LogP contribution >= 0.6 is 11.3 Å². The number of hydrogen-bond acceptors (Lipinski definition) is 3. The van der Waals surface area contributed by atoms with Crippen molar-refractivity contribution in [1.82, 2.24) is 14.7 Å². The topological polar surface area (TPSA) is 38.1 Å². The monoisotopic (exact) mass is 291 g/mol. The number of carbonyl (C=O) groups excluding carboxylic acids is 1. The van der Waals surface area contributed by atoms with Gasteiger partial charge in [0.05, 0.1) is 10.6 Å². The highest BCUT2D eigenvalue weighted by molar-refractivity contribution is 7.20. The second-order valence-corrected chi connectivity index (χ2v) is 6.78. The van der Waals surface area contributed by atoms with Crippen molar-refractivity contribution < 1.29 is 4.79 Å². The number of hydrogen-bond donors (Lipinski definition) is 0. The van der Waals surface area contributed by atoms with Crippen LogP contribution in [0.5, 0.6) is 0 Å². The third-order valence-electron chi connectivity index (χ3n) is 4.35. The van der Waals surface area contributed by atoms with Crippen LogP contribution < -0.4 is 0 Å². The molecular weight excluding hydrogens is 270 g/mol. The summed E-state index contributed by atoms with van der Waals surface area (Å²) >= 11 is 1.55. The molecule has 0 bridgehead atoms. The molecule has 0 unspecified atom stereocenters. The maximum atomic E-state index is 12.6. The van der Waals surface area contributed by atoms with Crippen molar-refractivity contribution in [3.8, 4) is 0 Å². The first kappa shape index (κ1) is 13.6. The molecule has 1 aliphatic rings. The smallest absolute Gasteiger partial charge is 0.264 e. The quantitative estimate of drug-likeness (QED) is 0.851. The summed E-state index contributed by atoms with van der Waals surface area (Å²) in [6, 6.07) is 2.42. The summed E-state index contributed by atoms with van der Waals surface area (Å²) in [5.41, 5.74) is 0.998. The van der Waals surface area contributed by atoms with Gasteiger partial charge >= 0.3 is 0 Å². The van der Waals surface area contributed by atoms with Crippen molar-refractivity contribution in [2.75, 3.05) is 7.05 Å². The highest BCUT2D eigenvalue weighted by Gasteiger charge is 2.25. The highest BCUT2D eigenvalue weighted by Crippen LogP contribution is 2.30. The normalized spacial score (nSPS) is 16.8. The van der Waals surface area contributed by atoms with Gasteiger partial charge in [-0.2, -0.15) is 5.10 Å². The zero-order valence-electron chi connectivity index (χ0n) is 12.3. The van der Waals surface area contributed by atoms with E-state index in [1.807, 2.05) is 36.7 Å².